The van der Waals surface area contributed by atoms with Gasteiger partial charge in [-0.2, -0.15) is 11.8 Å². The largest absolute Gasteiger partial charge is 0.480 e. The Balaban J connectivity index is 1.44. The van der Waals surface area contributed by atoms with Gasteiger partial charge in [0.2, 0.25) is 23.6 Å². The van der Waals surface area contributed by atoms with Crippen LogP contribution in [0.15, 0.2) is 64.3 Å². The second-order valence-electron chi connectivity index (χ2n) is 12.1. The summed E-state index contributed by atoms with van der Waals surface area (Å²) < 4.78 is 0. The van der Waals surface area contributed by atoms with Gasteiger partial charge in [-0.25, -0.2) is 0 Å². The number of aliphatic carboxylic acids is 1. The summed E-state index contributed by atoms with van der Waals surface area (Å²) in [5.41, 5.74) is 2.98. The Labute approximate surface area is 271 Å². The maximum absolute atomic E-state index is 13.5. The van der Waals surface area contributed by atoms with Crippen LogP contribution in [0, 0.1) is 5.41 Å². The van der Waals surface area contributed by atoms with Crippen LogP contribution in [0.4, 0.5) is 0 Å². The first kappa shape index (κ1) is 34.6. The number of carbonyl (C=O) groups excluding carboxylic acids is 5. The van der Waals surface area contributed by atoms with Crippen molar-refractivity contribution in [1.82, 2.24) is 21.3 Å². The first-order valence-corrected chi connectivity index (χ1v) is 16.2. The number of aliphatic hydroxyl groups is 1. The second kappa shape index (κ2) is 14.0. The molecule has 4 rings (SSSR count). The molecule has 0 radical (unpaired) electrons. The van der Waals surface area contributed by atoms with E-state index in [9.17, 15) is 33.9 Å². The molecule has 1 aromatic carbocycles. The number of ketones is 1. The van der Waals surface area contributed by atoms with Gasteiger partial charge in [0.15, 0.2) is 5.78 Å². The Morgan fingerprint density at radius 3 is 2.24 bits per heavy atom. The Bertz CT molecular complexity index is 1540. The molecule has 46 heavy (non-hydrogen) atoms. The minimum atomic E-state index is -1.45. The van der Waals surface area contributed by atoms with Crippen molar-refractivity contribution < 1.29 is 39.0 Å². The molecule has 0 unspecified atom stereocenters. The van der Waals surface area contributed by atoms with Gasteiger partial charge in [0.05, 0.1) is 6.54 Å². The minimum Gasteiger partial charge on any atom is -0.480 e. The summed E-state index contributed by atoms with van der Waals surface area (Å²) in [6.45, 7) is 5.69. The van der Waals surface area contributed by atoms with Gasteiger partial charge in [-0.05, 0) is 62.0 Å². The van der Waals surface area contributed by atoms with Crippen LogP contribution in [0.3, 0.4) is 0 Å². The average molecular weight is 653 g/mol. The number of hydrogen-bond donors (Lipinski definition) is 6. The van der Waals surface area contributed by atoms with Crippen LogP contribution >= 0.6 is 11.8 Å². The summed E-state index contributed by atoms with van der Waals surface area (Å²) in [5, 5.41) is 29.8. The molecule has 3 aliphatic carbocycles. The van der Waals surface area contributed by atoms with Gasteiger partial charge in [0, 0.05) is 35.8 Å². The number of nitrogens with one attached hydrogen (secondary N) is 4. The van der Waals surface area contributed by atoms with Crippen molar-refractivity contribution in [3.05, 3.63) is 69.8 Å². The van der Waals surface area contributed by atoms with Crippen LogP contribution in [0.25, 0.3) is 0 Å². The van der Waals surface area contributed by atoms with E-state index in [2.05, 4.69) is 21.3 Å². The molecular weight excluding hydrogens is 612 g/mol. The maximum atomic E-state index is 13.5. The van der Waals surface area contributed by atoms with E-state index in [0.29, 0.717) is 11.3 Å². The maximum Gasteiger partial charge on any atom is 0.322 e. The Kier molecular flexibility index (Phi) is 10.6. The monoisotopic (exact) mass is 652 g/mol. The molecule has 1 fully saturated rings. The first-order chi connectivity index (χ1) is 21.7. The fourth-order valence-corrected chi connectivity index (χ4v) is 7.33. The van der Waals surface area contributed by atoms with Crippen molar-refractivity contribution in [2.45, 2.75) is 64.6 Å². The van der Waals surface area contributed by atoms with Crippen LogP contribution in [-0.2, 0) is 35.2 Å². The van der Waals surface area contributed by atoms with Crippen LogP contribution in [-0.4, -0.2) is 87.9 Å². The van der Waals surface area contributed by atoms with E-state index in [0.717, 1.165) is 40.7 Å². The Morgan fingerprint density at radius 1 is 0.957 bits per heavy atom. The standard InChI is InChI=1S/C33H40N4O8S/c1-18-12-22-28(19(2)33(10-11-33)32(4,45)29(22)42)23(18)16-46-17-25(36-20(3)38)31(44)37-24(13-21-8-6-5-7-9-21)30(43)35-14-26(39)34-15-27(40)41/h5-9,12,24-25,45H,10-11,13-17H2,1-4H3,(H,34,39)(H,35,43)(H,36,38)(H,37,44)(H,40,41)/t24-,25+,32-/m0/s1. The van der Waals surface area contributed by atoms with Crippen molar-refractivity contribution in [2.24, 2.45) is 5.41 Å². The van der Waals surface area contributed by atoms with Crippen LogP contribution in [0.5, 0.6) is 0 Å². The quantitative estimate of drug-likeness (QED) is 0.170. The molecule has 6 N–H and O–H groups in total. The average Bonchev–Trinajstić information content (AvgIpc) is 3.76. The van der Waals surface area contributed by atoms with Gasteiger partial charge < -0.3 is 31.5 Å². The number of carbonyl (C=O) groups is 6. The van der Waals surface area contributed by atoms with Crippen molar-refractivity contribution in [1.29, 1.82) is 0 Å². The van der Waals surface area contributed by atoms with Gasteiger partial charge in [0.1, 0.15) is 24.2 Å². The second-order valence-corrected chi connectivity index (χ2v) is 13.1. The molecule has 0 saturated heterocycles. The normalized spacial score (nSPS) is 20.8. The minimum absolute atomic E-state index is 0.0998. The summed E-state index contributed by atoms with van der Waals surface area (Å²) in [6.07, 6.45) is 3.39. The highest BCUT2D eigenvalue weighted by molar-refractivity contribution is 7.99. The van der Waals surface area contributed by atoms with Crippen molar-refractivity contribution in [3.8, 4) is 0 Å². The van der Waals surface area contributed by atoms with Crippen molar-refractivity contribution in [3.63, 3.8) is 0 Å². The molecule has 4 amide bonds. The number of carboxylic acid groups (broad SMARTS) is 1. The van der Waals surface area contributed by atoms with Gasteiger partial charge in [-0.3, -0.25) is 28.8 Å². The third kappa shape index (κ3) is 7.42. The molecule has 13 heteroatoms. The molecule has 0 heterocycles. The molecule has 1 spiro atoms. The molecule has 3 atom stereocenters. The highest BCUT2D eigenvalue weighted by Crippen LogP contribution is 2.65. The van der Waals surface area contributed by atoms with E-state index < -0.39 is 65.8 Å². The lowest BCUT2D eigenvalue weighted by molar-refractivity contribution is -0.138. The first-order valence-electron chi connectivity index (χ1n) is 15.0. The number of carboxylic acids is 1. The zero-order chi connectivity index (χ0) is 33.8. The zero-order valence-corrected chi connectivity index (χ0v) is 27.1. The summed E-state index contributed by atoms with van der Waals surface area (Å²) in [6, 6.07) is 6.84. The summed E-state index contributed by atoms with van der Waals surface area (Å²) in [7, 11) is 0. The Morgan fingerprint density at radius 2 is 1.63 bits per heavy atom. The fraction of sp³-hybridized carbons (Fsp3) is 0.455. The molecule has 246 valence electrons. The van der Waals surface area contributed by atoms with Crippen molar-refractivity contribution >= 4 is 47.1 Å². The molecule has 1 aromatic rings. The number of amides is 4. The number of thioether (sulfide) groups is 1. The highest BCUT2D eigenvalue weighted by Gasteiger charge is 2.65. The molecule has 0 aliphatic heterocycles. The predicted octanol–water partition coefficient (Wildman–Crippen LogP) is 0.956. The summed E-state index contributed by atoms with van der Waals surface area (Å²) in [5.74, 6) is -3.28. The highest BCUT2D eigenvalue weighted by atomic mass is 32.2. The smallest absolute Gasteiger partial charge is 0.322 e. The Hall–Kier alpha value is -4.23. The van der Waals surface area contributed by atoms with E-state index in [1.54, 1.807) is 31.2 Å². The molecule has 0 aromatic heterocycles. The summed E-state index contributed by atoms with van der Waals surface area (Å²) >= 11 is 1.40. The van der Waals surface area contributed by atoms with Crippen LogP contribution in [0.2, 0.25) is 0 Å². The third-order valence-electron chi connectivity index (χ3n) is 8.87. The molecule has 1 saturated carbocycles. The number of Topliss-reactive ketones (excluding diaryl/α,β-unsaturated/α-hetero) is 1. The van der Waals surface area contributed by atoms with E-state index >= 15 is 0 Å². The lowest BCUT2D eigenvalue weighted by Gasteiger charge is -2.39. The van der Waals surface area contributed by atoms with Gasteiger partial charge in [-0.15, -0.1) is 0 Å². The van der Waals surface area contributed by atoms with E-state index in [1.165, 1.54) is 18.7 Å². The fourth-order valence-electron chi connectivity index (χ4n) is 6.17. The van der Waals surface area contributed by atoms with Crippen molar-refractivity contribution in [2.75, 3.05) is 24.6 Å². The number of fused-ring (bicyclic) bond motifs is 1. The van der Waals surface area contributed by atoms with Crippen LogP contribution in [0.1, 0.15) is 46.1 Å². The van der Waals surface area contributed by atoms with E-state index in [-0.39, 0.29) is 18.0 Å². The summed E-state index contributed by atoms with van der Waals surface area (Å²) in [4.78, 5) is 74.7. The topological polar surface area (TPSA) is 191 Å². The van der Waals surface area contributed by atoms with Gasteiger partial charge in [0.25, 0.3) is 0 Å². The molecular formula is C33H40N4O8S. The third-order valence-corrected chi connectivity index (χ3v) is 9.93. The lowest BCUT2D eigenvalue weighted by atomic mass is 9.67. The lowest BCUT2D eigenvalue weighted by Crippen LogP contribution is -2.55. The molecule has 12 nitrogen and oxygen atoms in total. The zero-order valence-electron chi connectivity index (χ0n) is 26.3. The van der Waals surface area contributed by atoms with Gasteiger partial charge >= 0.3 is 5.97 Å². The predicted molar refractivity (Wildman–Crippen MR) is 171 cm³/mol. The number of benzene rings is 1. The number of rotatable bonds is 14. The number of hydrogen-bond acceptors (Lipinski definition) is 8. The van der Waals surface area contributed by atoms with E-state index in [1.807, 2.05) is 26.0 Å². The van der Waals surface area contributed by atoms with E-state index in [4.69, 9.17) is 5.11 Å². The number of allylic oxidation sites excluding steroid dienone is 3. The SMILES string of the molecule is CC(=O)N[C@H](CSCC1=C(C)C=C2C(=O)[C@](C)(O)C3(CC3)C(C)=C21)C(=O)N[C@@H](Cc1ccccc1)C(=O)NCC(=O)NCC(=O)O. The molecule has 3 aliphatic rings. The molecule has 0 bridgehead atoms. The van der Waals surface area contributed by atoms with Crippen LogP contribution < -0.4 is 21.3 Å². The van der Waals surface area contributed by atoms with Gasteiger partial charge in [-0.1, -0.05) is 35.9 Å².